The second-order valence-corrected chi connectivity index (χ2v) is 4.73. The molecule has 0 fully saturated rings. The summed E-state index contributed by atoms with van der Waals surface area (Å²) in [5.41, 5.74) is 0.0942. The molecule has 0 bridgehead atoms. The van der Waals surface area contributed by atoms with E-state index in [1.54, 1.807) is 0 Å². The fourth-order valence-corrected chi connectivity index (χ4v) is 1.77. The quantitative estimate of drug-likeness (QED) is 0.889. The summed E-state index contributed by atoms with van der Waals surface area (Å²) in [6, 6.07) is 3.92. The first-order chi connectivity index (χ1) is 10.1. The van der Waals surface area contributed by atoms with Gasteiger partial charge in [0.25, 0.3) is 5.91 Å². The highest BCUT2D eigenvalue weighted by Crippen LogP contribution is 2.20. The fraction of sp³-hybridized carbons (Fsp3) is 0.214. The summed E-state index contributed by atoms with van der Waals surface area (Å²) in [5, 5.41) is 5.78. The number of carbonyl (C=O) groups excluding carboxylic acids is 1. The summed E-state index contributed by atoms with van der Waals surface area (Å²) in [6.45, 7) is 2.74. The SMILES string of the molecule is CCCNc1cncc(C(=O)Nc2cc(Cl)ccc2F)n1. The molecule has 0 radical (unpaired) electrons. The number of anilines is 2. The lowest BCUT2D eigenvalue weighted by Gasteiger charge is -2.08. The number of halogens is 2. The van der Waals surface area contributed by atoms with Crippen molar-refractivity contribution < 1.29 is 9.18 Å². The minimum atomic E-state index is -0.569. The molecule has 0 saturated heterocycles. The number of benzene rings is 1. The van der Waals surface area contributed by atoms with Crippen molar-refractivity contribution in [2.75, 3.05) is 17.2 Å². The van der Waals surface area contributed by atoms with E-state index in [0.29, 0.717) is 10.8 Å². The number of nitrogens with zero attached hydrogens (tertiary/aromatic N) is 2. The van der Waals surface area contributed by atoms with Crippen molar-refractivity contribution in [2.45, 2.75) is 13.3 Å². The average Bonchev–Trinajstić information content (AvgIpc) is 2.49. The number of aromatic nitrogens is 2. The van der Waals surface area contributed by atoms with E-state index in [9.17, 15) is 9.18 Å². The summed E-state index contributed by atoms with van der Waals surface area (Å²) >= 11 is 5.77. The van der Waals surface area contributed by atoms with E-state index in [4.69, 9.17) is 11.6 Å². The Hall–Kier alpha value is -2.21. The van der Waals surface area contributed by atoms with Crippen LogP contribution < -0.4 is 10.6 Å². The van der Waals surface area contributed by atoms with Gasteiger partial charge in [0, 0.05) is 11.6 Å². The standard InChI is InChI=1S/C14H14ClFN4O/c1-2-5-18-13-8-17-7-12(19-13)14(21)20-11-6-9(15)3-4-10(11)16/h3-4,6-8H,2,5H2,1H3,(H,18,19)(H,20,21). The molecule has 0 unspecified atom stereocenters. The molecule has 21 heavy (non-hydrogen) atoms. The molecule has 0 spiro atoms. The van der Waals surface area contributed by atoms with Crippen LogP contribution in [0.2, 0.25) is 5.02 Å². The van der Waals surface area contributed by atoms with Gasteiger partial charge >= 0.3 is 0 Å². The van der Waals surface area contributed by atoms with Crippen LogP contribution in [0.15, 0.2) is 30.6 Å². The van der Waals surface area contributed by atoms with Crippen LogP contribution in [0.25, 0.3) is 0 Å². The van der Waals surface area contributed by atoms with Gasteiger partial charge in [-0.3, -0.25) is 9.78 Å². The predicted molar refractivity (Wildman–Crippen MR) is 80.2 cm³/mol. The molecule has 1 aromatic carbocycles. The van der Waals surface area contributed by atoms with Gasteiger partial charge in [-0.15, -0.1) is 0 Å². The van der Waals surface area contributed by atoms with E-state index in [1.807, 2.05) is 6.92 Å². The molecule has 2 N–H and O–H groups in total. The van der Waals surface area contributed by atoms with Crippen LogP contribution in [-0.4, -0.2) is 22.4 Å². The van der Waals surface area contributed by atoms with Crippen molar-refractivity contribution in [3.8, 4) is 0 Å². The summed E-state index contributed by atoms with van der Waals surface area (Å²) in [6.07, 6.45) is 3.76. The normalized spacial score (nSPS) is 10.2. The Kier molecular flexibility index (Phi) is 5.05. The summed E-state index contributed by atoms with van der Waals surface area (Å²) < 4.78 is 13.6. The minimum absolute atomic E-state index is 0.00113. The number of nitrogens with one attached hydrogen (secondary N) is 2. The molecule has 0 aliphatic rings. The molecular weight excluding hydrogens is 295 g/mol. The zero-order valence-electron chi connectivity index (χ0n) is 11.4. The molecule has 1 aromatic heterocycles. The van der Waals surface area contributed by atoms with Gasteiger partial charge in [0.2, 0.25) is 0 Å². The lowest BCUT2D eigenvalue weighted by molar-refractivity contribution is 0.102. The molecule has 2 rings (SSSR count). The van der Waals surface area contributed by atoms with Crippen molar-refractivity contribution in [2.24, 2.45) is 0 Å². The fourth-order valence-electron chi connectivity index (χ4n) is 1.59. The largest absolute Gasteiger partial charge is 0.369 e. The first-order valence-corrected chi connectivity index (χ1v) is 6.80. The molecule has 7 heteroatoms. The minimum Gasteiger partial charge on any atom is -0.369 e. The highest BCUT2D eigenvalue weighted by atomic mass is 35.5. The molecule has 1 amide bonds. The summed E-state index contributed by atoms with van der Waals surface area (Å²) in [7, 11) is 0. The van der Waals surface area contributed by atoms with Crippen LogP contribution >= 0.6 is 11.6 Å². The van der Waals surface area contributed by atoms with Crippen LogP contribution in [0.4, 0.5) is 15.9 Å². The predicted octanol–water partition coefficient (Wildman–Crippen LogP) is 3.34. The van der Waals surface area contributed by atoms with E-state index in [-0.39, 0.29) is 11.4 Å². The first kappa shape index (κ1) is 15.2. The number of amides is 1. The average molecular weight is 309 g/mol. The zero-order valence-corrected chi connectivity index (χ0v) is 12.1. The van der Waals surface area contributed by atoms with Gasteiger partial charge in [-0.2, -0.15) is 0 Å². The third-order valence-electron chi connectivity index (χ3n) is 2.60. The van der Waals surface area contributed by atoms with E-state index >= 15 is 0 Å². The van der Waals surface area contributed by atoms with Crippen LogP contribution in [0.1, 0.15) is 23.8 Å². The van der Waals surface area contributed by atoms with Gasteiger partial charge < -0.3 is 10.6 Å². The van der Waals surface area contributed by atoms with Gasteiger partial charge in [-0.05, 0) is 24.6 Å². The van der Waals surface area contributed by atoms with Crippen LogP contribution in [0, 0.1) is 5.82 Å². The van der Waals surface area contributed by atoms with Gasteiger partial charge in [0.05, 0.1) is 18.1 Å². The van der Waals surface area contributed by atoms with Crippen molar-refractivity contribution in [1.82, 2.24) is 9.97 Å². The monoisotopic (exact) mass is 308 g/mol. The highest BCUT2D eigenvalue weighted by Gasteiger charge is 2.12. The Labute approximate surface area is 126 Å². The molecule has 0 aliphatic carbocycles. The third kappa shape index (κ3) is 4.13. The molecule has 0 aliphatic heterocycles. The molecule has 0 atom stereocenters. The van der Waals surface area contributed by atoms with E-state index in [2.05, 4.69) is 20.6 Å². The molecule has 110 valence electrons. The van der Waals surface area contributed by atoms with Gasteiger partial charge in [0.1, 0.15) is 17.3 Å². The Balaban J connectivity index is 2.14. The van der Waals surface area contributed by atoms with Crippen molar-refractivity contribution in [1.29, 1.82) is 0 Å². The Morgan fingerprint density at radius 2 is 2.19 bits per heavy atom. The topological polar surface area (TPSA) is 66.9 Å². The lowest BCUT2D eigenvalue weighted by atomic mass is 10.3. The smallest absolute Gasteiger partial charge is 0.276 e. The van der Waals surface area contributed by atoms with E-state index < -0.39 is 11.7 Å². The lowest BCUT2D eigenvalue weighted by Crippen LogP contribution is -2.16. The third-order valence-corrected chi connectivity index (χ3v) is 2.84. The number of hydrogen-bond donors (Lipinski definition) is 2. The number of hydrogen-bond acceptors (Lipinski definition) is 4. The van der Waals surface area contributed by atoms with Gasteiger partial charge in [0.15, 0.2) is 0 Å². The zero-order chi connectivity index (χ0) is 15.2. The van der Waals surface area contributed by atoms with Crippen molar-refractivity contribution >= 4 is 29.0 Å². The Morgan fingerprint density at radius 1 is 1.38 bits per heavy atom. The van der Waals surface area contributed by atoms with Crippen LogP contribution in [0.3, 0.4) is 0 Å². The second kappa shape index (κ2) is 6.99. The second-order valence-electron chi connectivity index (χ2n) is 4.29. The maximum Gasteiger partial charge on any atom is 0.276 e. The number of carbonyl (C=O) groups is 1. The maximum atomic E-state index is 13.6. The highest BCUT2D eigenvalue weighted by molar-refractivity contribution is 6.31. The Morgan fingerprint density at radius 3 is 2.95 bits per heavy atom. The van der Waals surface area contributed by atoms with Gasteiger partial charge in [-0.25, -0.2) is 9.37 Å². The van der Waals surface area contributed by atoms with E-state index in [1.165, 1.54) is 30.6 Å². The van der Waals surface area contributed by atoms with Crippen molar-refractivity contribution in [3.63, 3.8) is 0 Å². The maximum absolute atomic E-state index is 13.6. The summed E-state index contributed by atoms with van der Waals surface area (Å²) in [4.78, 5) is 20.1. The molecule has 2 aromatic rings. The molecule has 1 heterocycles. The molecular formula is C14H14ClFN4O. The summed E-state index contributed by atoms with van der Waals surface area (Å²) in [5.74, 6) is -0.624. The molecule has 5 nitrogen and oxygen atoms in total. The van der Waals surface area contributed by atoms with E-state index in [0.717, 1.165) is 13.0 Å². The first-order valence-electron chi connectivity index (χ1n) is 6.42. The van der Waals surface area contributed by atoms with Crippen LogP contribution in [0.5, 0.6) is 0 Å². The van der Waals surface area contributed by atoms with Crippen molar-refractivity contribution in [3.05, 3.63) is 47.1 Å². The van der Waals surface area contributed by atoms with Gasteiger partial charge in [-0.1, -0.05) is 18.5 Å². The number of rotatable bonds is 5. The Bertz CT molecular complexity index is 651. The van der Waals surface area contributed by atoms with Crippen LogP contribution in [-0.2, 0) is 0 Å². The molecule has 0 saturated carbocycles.